The molecule has 1 unspecified atom stereocenters. The van der Waals surface area contributed by atoms with Crippen molar-refractivity contribution in [2.75, 3.05) is 4.90 Å². The van der Waals surface area contributed by atoms with Gasteiger partial charge >= 0.3 is 0 Å². The van der Waals surface area contributed by atoms with Crippen molar-refractivity contribution in [3.05, 3.63) is 29.3 Å². The first kappa shape index (κ1) is 17.9. The van der Waals surface area contributed by atoms with Crippen LogP contribution in [0.25, 0.3) is 0 Å². The van der Waals surface area contributed by atoms with E-state index in [9.17, 15) is 14.4 Å². The number of carbonyl (C=O) groups excluding carboxylic acids is 3. The second-order valence-electron chi connectivity index (χ2n) is 7.41. The summed E-state index contributed by atoms with van der Waals surface area (Å²) >= 11 is 5.89. The van der Waals surface area contributed by atoms with Gasteiger partial charge in [-0.2, -0.15) is 0 Å². The molecule has 1 heterocycles. The first-order valence-electron chi connectivity index (χ1n) is 8.72. The van der Waals surface area contributed by atoms with Gasteiger partial charge in [-0.3, -0.25) is 14.4 Å². The molecule has 0 N–H and O–H groups in total. The minimum atomic E-state index is -0.730. The Bertz CT molecular complexity index is 710. The van der Waals surface area contributed by atoms with Crippen LogP contribution in [0, 0.1) is 5.92 Å². The van der Waals surface area contributed by atoms with E-state index in [0.29, 0.717) is 17.1 Å². The molecule has 1 atom stereocenters. The topological polar surface area (TPSA) is 57.7 Å². The van der Waals surface area contributed by atoms with E-state index in [0.717, 1.165) is 12.8 Å². The SMILES string of the molecule is CCC(C)(C)N(C(=O)C1CC1)C1CC(=O)N(c2ccc(Cl)cc2)C1=O. The molecule has 1 aromatic rings. The summed E-state index contributed by atoms with van der Waals surface area (Å²) in [6.07, 6.45) is 2.48. The molecule has 0 spiro atoms. The normalized spacial score (nSPS) is 21.0. The maximum Gasteiger partial charge on any atom is 0.257 e. The van der Waals surface area contributed by atoms with E-state index >= 15 is 0 Å². The Morgan fingerprint density at radius 1 is 1.24 bits per heavy atom. The standard InChI is InChI=1S/C19H23ClN2O3/c1-4-19(2,3)22(17(24)12-5-6-12)15-11-16(23)21(18(15)25)14-9-7-13(20)8-10-14/h7-10,12,15H,4-6,11H2,1-3H3. The van der Waals surface area contributed by atoms with Crippen molar-refractivity contribution >= 4 is 35.0 Å². The lowest BCUT2D eigenvalue weighted by molar-refractivity contribution is -0.146. The number of hydrogen-bond acceptors (Lipinski definition) is 3. The van der Waals surface area contributed by atoms with Crippen LogP contribution in [0.1, 0.15) is 46.5 Å². The molecule has 134 valence electrons. The summed E-state index contributed by atoms with van der Waals surface area (Å²) in [7, 11) is 0. The Hall–Kier alpha value is -1.88. The molecule has 0 bridgehead atoms. The Morgan fingerprint density at radius 3 is 2.36 bits per heavy atom. The predicted molar refractivity (Wildman–Crippen MR) is 96.3 cm³/mol. The number of rotatable bonds is 5. The monoisotopic (exact) mass is 362 g/mol. The van der Waals surface area contributed by atoms with Gasteiger partial charge in [0.15, 0.2) is 0 Å². The quantitative estimate of drug-likeness (QED) is 0.754. The van der Waals surface area contributed by atoms with Gasteiger partial charge in [-0.15, -0.1) is 0 Å². The zero-order valence-corrected chi connectivity index (χ0v) is 15.5. The molecule has 1 saturated carbocycles. The smallest absolute Gasteiger partial charge is 0.257 e. The van der Waals surface area contributed by atoms with Gasteiger partial charge in [0.1, 0.15) is 6.04 Å². The van der Waals surface area contributed by atoms with Crippen molar-refractivity contribution < 1.29 is 14.4 Å². The number of carbonyl (C=O) groups is 3. The average Bonchev–Trinajstić information content (AvgIpc) is 3.37. The van der Waals surface area contributed by atoms with Crippen LogP contribution < -0.4 is 4.90 Å². The number of hydrogen-bond donors (Lipinski definition) is 0. The lowest BCUT2D eigenvalue weighted by Crippen LogP contribution is -2.56. The van der Waals surface area contributed by atoms with Crippen LogP contribution in [0.4, 0.5) is 5.69 Å². The van der Waals surface area contributed by atoms with Crippen molar-refractivity contribution in [1.82, 2.24) is 4.90 Å². The molecule has 1 aliphatic heterocycles. The maximum atomic E-state index is 13.0. The van der Waals surface area contributed by atoms with E-state index in [4.69, 9.17) is 11.6 Å². The van der Waals surface area contributed by atoms with Crippen molar-refractivity contribution in [2.24, 2.45) is 5.92 Å². The Labute approximate surface area is 152 Å². The van der Waals surface area contributed by atoms with Crippen molar-refractivity contribution in [3.63, 3.8) is 0 Å². The number of nitrogens with zero attached hydrogens (tertiary/aromatic N) is 2. The number of anilines is 1. The Morgan fingerprint density at radius 2 is 1.84 bits per heavy atom. The predicted octanol–water partition coefficient (Wildman–Crippen LogP) is 3.40. The summed E-state index contributed by atoms with van der Waals surface area (Å²) in [6.45, 7) is 5.90. The summed E-state index contributed by atoms with van der Waals surface area (Å²) in [6, 6.07) is 5.87. The molecular formula is C19H23ClN2O3. The van der Waals surface area contributed by atoms with E-state index < -0.39 is 11.6 Å². The third-order valence-corrected chi connectivity index (χ3v) is 5.45. The van der Waals surface area contributed by atoms with Gasteiger partial charge in [0.2, 0.25) is 11.8 Å². The fourth-order valence-electron chi connectivity index (χ4n) is 3.25. The Balaban J connectivity index is 1.92. The van der Waals surface area contributed by atoms with E-state index in [1.54, 1.807) is 29.2 Å². The lowest BCUT2D eigenvalue weighted by Gasteiger charge is -2.41. The number of halogens is 1. The second kappa shape index (κ2) is 6.45. The summed E-state index contributed by atoms with van der Waals surface area (Å²) < 4.78 is 0. The third kappa shape index (κ3) is 3.30. The zero-order chi connectivity index (χ0) is 18.4. The van der Waals surface area contributed by atoms with Crippen LogP contribution in [0.3, 0.4) is 0 Å². The second-order valence-corrected chi connectivity index (χ2v) is 7.85. The number of benzene rings is 1. The fraction of sp³-hybridized carbons (Fsp3) is 0.526. The molecule has 25 heavy (non-hydrogen) atoms. The van der Waals surface area contributed by atoms with Gasteiger partial charge in [-0.1, -0.05) is 18.5 Å². The molecule has 3 rings (SSSR count). The van der Waals surface area contributed by atoms with Crippen molar-refractivity contribution in [3.8, 4) is 0 Å². The molecule has 3 amide bonds. The van der Waals surface area contributed by atoms with Crippen molar-refractivity contribution in [2.45, 2.75) is 58.0 Å². The molecule has 0 radical (unpaired) electrons. The van der Waals surface area contributed by atoms with Gasteiger partial charge < -0.3 is 4.90 Å². The lowest BCUT2D eigenvalue weighted by atomic mass is 9.95. The summed E-state index contributed by atoms with van der Waals surface area (Å²) in [5.74, 6) is -0.616. The van der Waals surface area contributed by atoms with Crippen LogP contribution in [0.2, 0.25) is 5.02 Å². The third-order valence-electron chi connectivity index (χ3n) is 5.20. The summed E-state index contributed by atoms with van der Waals surface area (Å²) in [5, 5.41) is 0.539. The molecule has 1 saturated heterocycles. The average molecular weight is 363 g/mol. The minimum absolute atomic E-state index is 0.00157. The fourth-order valence-corrected chi connectivity index (χ4v) is 3.38. The molecule has 2 aliphatic rings. The van der Waals surface area contributed by atoms with Crippen LogP contribution in [0.15, 0.2) is 24.3 Å². The highest BCUT2D eigenvalue weighted by Gasteiger charge is 2.50. The van der Waals surface area contributed by atoms with Crippen molar-refractivity contribution in [1.29, 1.82) is 0 Å². The molecule has 5 nitrogen and oxygen atoms in total. The molecule has 6 heteroatoms. The summed E-state index contributed by atoms with van der Waals surface area (Å²) in [5.41, 5.74) is 0.0195. The van der Waals surface area contributed by atoms with E-state index in [1.807, 2.05) is 20.8 Å². The van der Waals surface area contributed by atoms with Gasteiger partial charge in [0, 0.05) is 16.5 Å². The Kier molecular flexibility index (Phi) is 4.62. The summed E-state index contributed by atoms with van der Waals surface area (Å²) in [4.78, 5) is 41.3. The first-order chi connectivity index (χ1) is 11.8. The van der Waals surface area contributed by atoms with E-state index in [1.165, 1.54) is 4.90 Å². The van der Waals surface area contributed by atoms with E-state index in [2.05, 4.69) is 0 Å². The molecule has 1 aliphatic carbocycles. The van der Waals surface area contributed by atoms with Crippen LogP contribution >= 0.6 is 11.6 Å². The minimum Gasteiger partial charge on any atom is -0.325 e. The largest absolute Gasteiger partial charge is 0.325 e. The zero-order valence-electron chi connectivity index (χ0n) is 14.8. The highest BCUT2D eigenvalue weighted by molar-refractivity contribution is 6.30. The first-order valence-corrected chi connectivity index (χ1v) is 9.09. The van der Waals surface area contributed by atoms with E-state index in [-0.39, 0.29) is 30.1 Å². The molecule has 1 aromatic carbocycles. The van der Waals surface area contributed by atoms with Crippen LogP contribution in [0.5, 0.6) is 0 Å². The number of imide groups is 1. The number of amides is 3. The maximum absolute atomic E-state index is 13.0. The van der Waals surface area contributed by atoms with Gasteiger partial charge in [0.25, 0.3) is 5.91 Å². The molecular weight excluding hydrogens is 340 g/mol. The van der Waals surface area contributed by atoms with Gasteiger partial charge in [0.05, 0.1) is 12.1 Å². The highest BCUT2D eigenvalue weighted by atomic mass is 35.5. The van der Waals surface area contributed by atoms with Crippen LogP contribution in [-0.4, -0.2) is 34.2 Å². The van der Waals surface area contributed by atoms with Crippen LogP contribution in [-0.2, 0) is 14.4 Å². The highest BCUT2D eigenvalue weighted by Crippen LogP contribution is 2.38. The van der Waals surface area contributed by atoms with Gasteiger partial charge in [-0.25, -0.2) is 4.90 Å². The molecule has 2 fully saturated rings. The molecule has 0 aromatic heterocycles. The van der Waals surface area contributed by atoms with Gasteiger partial charge in [-0.05, 0) is 57.4 Å².